The SMILES string of the molecule is CC(C)(C)[Si](C)(C)OC[C@H]1O[C@@H](O)[C@H](OCc2ccccc2)[C@@H](OCc2ccccc2)[C@@H]1OCc1ccccc1. The first-order valence-electron chi connectivity index (χ1n) is 14.1. The Morgan fingerprint density at radius 1 is 0.650 bits per heavy atom. The number of rotatable bonds is 12. The molecule has 0 bridgehead atoms. The quantitative estimate of drug-likeness (QED) is 0.254. The van der Waals surface area contributed by atoms with Crippen molar-refractivity contribution in [1.29, 1.82) is 0 Å². The van der Waals surface area contributed by atoms with Crippen molar-refractivity contribution in [3.05, 3.63) is 108 Å². The maximum absolute atomic E-state index is 11.3. The average Bonchev–Trinajstić information content (AvgIpc) is 2.95. The number of hydrogen-bond acceptors (Lipinski definition) is 6. The minimum absolute atomic E-state index is 0.0330. The molecule has 0 saturated carbocycles. The molecule has 4 rings (SSSR count). The summed E-state index contributed by atoms with van der Waals surface area (Å²) in [5.74, 6) is 0. The Kier molecular flexibility index (Phi) is 10.7. The van der Waals surface area contributed by atoms with Gasteiger partial charge in [0.1, 0.15) is 24.4 Å². The summed E-state index contributed by atoms with van der Waals surface area (Å²) in [7, 11) is -2.09. The summed E-state index contributed by atoms with van der Waals surface area (Å²) in [4.78, 5) is 0. The van der Waals surface area contributed by atoms with E-state index >= 15 is 0 Å². The third kappa shape index (κ3) is 8.33. The zero-order chi connectivity index (χ0) is 28.6. The minimum atomic E-state index is -2.09. The van der Waals surface area contributed by atoms with Crippen molar-refractivity contribution in [2.45, 2.75) is 89.4 Å². The smallest absolute Gasteiger partial charge is 0.192 e. The molecule has 0 aromatic heterocycles. The first-order chi connectivity index (χ1) is 19.1. The van der Waals surface area contributed by atoms with E-state index in [1.54, 1.807) is 0 Å². The lowest BCUT2D eigenvalue weighted by Gasteiger charge is -2.46. The van der Waals surface area contributed by atoms with Gasteiger partial charge in [0.15, 0.2) is 14.6 Å². The lowest BCUT2D eigenvalue weighted by Crippen LogP contribution is -2.61. The van der Waals surface area contributed by atoms with E-state index in [1.165, 1.54) is 0 Å². The van der Waals surface area contributed by atoms with Crippen LogP contribution in [0, 0.1) is 0 Å². The molecule has 0 spiro atoms. The number of aliphatic hydroxyl groups excluding tert-OH is 1. The topological polar surface area (TPSA) is 66.4 Å². The van der Waals surface area contributed by atoms with Gasteiger partial charge in [-0.3, -0.25) is 0 Å². The van der Waals surface area contributed by atoms with Crippen LogP contribution in [0.2, 0.25) is 18.1 Å². The third-order valence-electron chi connectivity index (χ3n) is 7.88. The summed E-state index contributed by atoms with van der Waals surface area (Å²) in [5, 5.41) is 11.3. The fourth-order valence-corrected chi connectivity index (χ4v) is 5.42. The van der Waals surface area contributed by atoms with Crippen LogP contribution in [0.25, 0.3) is 0 Å². The summed E-state index contributed by atoms with van der Waals surface area (Å²) in [5.41, 5.74) is 3.07. The summed E-state index contributed by atoms with van der Waals surface area (Å²) in [6.45, 7) is 12.4. The number of benzene rings is 3. The summed E-state index contributed by atoms with van der Waals surface area (Å²) >= 11 is 0. The van der Waals surface area contributed by atoms with Crippen molar-refractivity contribution in [3.63, 3.8) is 0 Å². The molecule has 3 aromatic carbocycles. The Bertz CT molecular complexity index is 1140. The molecule has 0 unspecified atom stereocenters. The summed E-state index contributed by atoms with van der Waals surface area (Å²) in [6.07, 6.45) is -3.62. The van der Waals surface area contributed by atoms with Gasteiger partial charge in [0, 0.05) is 0 Å². The van der Waals surface area contributed by atoms with Crippen LogP contribution in [0.4, 0.5) is 0 Å². The van der Waals surface area contributed by atoms with Crippen molar-refractivity contribution >= 4 is 8.32 Å². The van der Waals surface area contributed by atoms with Gasteiger partial charge in [0.25, 0.3) is 0 Å². The molecule has 0 aliphatic carbocycles. The molecular formula is C33H44O6Si. The lowest BCUT2D eigenvalue weighted by molar-refractivity contribution is -0.314. The predicted molar refractivity (Wildman–Crippen MR) is 159 cm³/mol. The third-order valence-corrected chi connectivity index (χ3v) is 12.4. The van der Waals surface area contributed by atoms with E-state index in [0.29, 0.717) is 26.4 Å². The molecule has 1 saturated heterocycles. The molecule has 0 radical (unpaired) electrons. The molecule has 0 amide bonds. The lowest BCUT2D eigenvalue weighted by atomic mass is 9.98. The largest absolute Gasteiger partial charge is 0.414 e. The van der Waals surface area contributed by atoms with Crippen molar-refractivity contribution in [2.75, 3.05) is 6.61 Å². The van der Waals surface area contributed by atoms with Crippen LogP contribution < -0.4 is 0 Å². The second-order valence-electron chi connectivity index (χ2n) is 11.9. The standard InChI is InChI=1S/C33H44O6Si/c1-33(2,3)40(4,5)38-24-28-29(35-21-25-15-9-6-10-16-25)30(36-22-26-17-11-7-12-18-26)31(32(34)39-28)37-23-27-19-13-8-14-20-27/h6-20,28-32,34H,21-24H2,1-5H3/t28-,29-,30+,31-,32-/m1/s1. The Labute approximate surface area is 240 Å². The second kappa shape index (κ2) is 14.0. The van der Waals surface area contributed by atoms with E-state index in [9.17, 15) is 5.11 Å². The van der Waals surface area contributed by atoms with Gasteiger partial charge in [-0.05, 0) is 34.8 Å². The van der Waals surface area contributed by atoms with Gasteiger partial charge in [-0.1, -0.05) is 112 Å². The van der Waals surface area contributed by atoms with Crippen LogP contribution in [0.15, 0.2) is 91.0 Å². The van der Waals surface area contributed by atoms with Crippen molar-refractivity contribution in [1.82, 2.24) is 0 Å². The van der Waals surface area contributed by atoms with E-state index in [-0.39, 0.29) is 5.04 Å². The van der Waals surface area contributed by atoms with E-state index < -0.39 is 39.0 Å². The normalized spacial score (nSPS) is 23.7. The number of hydrogen-bond donors (Lipinski definition) is 1. The zero-order valence-electron chi connectivity index (χ0n) is 24.4. The fourth-order valence-electron chi connectivity index (χ4n) is 4.40. The molecule has 216 valence electrons. The van der Waals surface area contributed by atoms with Gasteiger partial charge in [-0.25, -0.2) is 0 Å². The van der Waals surface area contributed by atoms with Crippen LogP contribution >= 0.6 is 0 Å². The Morgan fingerprint density at radius 3 is 1.48 bits per heavy atom. The molecule has 1 fully saturated rings. The molecular weight excluding hydrogens is 520 g/mol. The van der Waals surface area contributed by atoms with Gasteiger partial charge in [0.2, 0.25) is 0 Å². The van der Waals surface area contributed by atoms with Gasteiger partial charge >= 0.3 is 0 Å². The number of aliphatic hydroxyl groups is 1. The van der Waals surface area contributed by atoms with Gasteiger partial charge in [0.05, 0.1) is 26.4 Å². The molecule has 40 heavy (non-hydrogen) atoms. The van der Waals surface area contributed by atoms with Crippen molar-refractivity contribution < 1.29 is 28.5 Å². The highest BCUT2D eigenvalue weighted by atomic mass is 28.4. The van der Waals surface area contributed by atoms with Gasteiger partial charge in [-0.15, -0.1) is 0 Å². The first kappa shape index (κ1) is 30.6. The highest BCUT2D eigenvalue weighted by Gasteiger charge is 2.49. The van der Waals surface area contributed by atoms with Crippen LogP contribution in [0.1, 0.15) is 37.5 Å². The summed E-state index contributed by atoms with van der Waals surface area (Å²) in [6, 6.07) is 29.9. The molecule has 6 nitrogen and oxygen atoms in total. The number of ether oxygens (including phenoxy) is 4. The minimum Gasteiger partial charge on any atom is -0.414 e. The fraction of sp³-hybridized carbons (Fsp3) is 0.455. The average molecular weight is 565 g/mol. The van der Waals surface area contributed by atoms with E-state index in [1.807, 2.05) is 91.0 Å². The van der Waals surface area contributed by atoms with Crippen molar-refractivity contribution in [3.8, 4) is 0 Å². The Hall–Kier alpha value is -2.36. The van der Waals surface area contributed by atoms with Gasteiger partial charge in [-0.2, -0.15) is 0 Å². The zero-order valence-corrected chi connectivity index (χ0v) is 25.4. The summed E-state index contributed by atoms with van der Waals surface area (Å²) < 4.78 is 32.2. The molecule has 3 aromatic rings. The highest BCUT2D eigenvalue weighted by Crippen LogP contribution is 2.38. The van der Waals surface area contributed by atoms with E-state index in [4.69, 9.17) is 23.4 Å². The van der Waals surface area contributed by atoms with Crippen molar-refractivity contribution in [2.24, 2.45) is 0 Å². The molecule has 7 heteroatoms. The monoisotopic (exact) mass is 564 g/mol. The maximum atomic E-state index is 11.3. The first-order valence-corrected chi connectivity index (χ1v) is 17.0. The van der Waals surface area contributed by atoms with Gasteiger partial charge < -0.3 is 28.5 Å². The Morgan fingerprint density at radius 2 is 1.05 bits per heavy atom. The van der Waals surface area contributed by atoms with E-state index in [2.05, 4.69) is 33.9 Å². The van der Waals surface area contributed by atoms with Crippen LogP contribution in [0.3, 0.4) is 0 Å². The molecule has 1 aliphatic heterocycles. The van der Waals surface area contributed by atoms with Crippen LogP contribution in [-0.4, -0.2) is 50.7 Å². The molecule has 1 N–H and O–H groups in total. The highest BCUT2D eigenvalue weighted by molar-refractivity contribution is 6.74. The molecule has 1 heterocycles. The molecule has 1 aliphatic rings. The Balaban J connectivity index is 1.60. The van der Waals surface area contributed by atoms with Crippen LogP contribution in [0.5, 0.6) is 0 Å². The maximum Gasteiger partial charge on any atom is 0.192 e. The molecule has 5 atom stereocenters. The predicted octanol–water partition coefficient (Wildman–Crippen LogP) is 6.48. The second-order valence-corrected chi connectivity index (χ2v) is 16.7. The van der Waals surface area contributed by atoms with Crippen LogP contribution in [-0.2, 0) is 43.2 Å². The van der Waals surface area contributed by atoms with E-state index in [0.717, 1.165) is 16.7 Å².